The van der Waals surface area contributed by atoms with Crippen molar-refractivity contribution in [1.29, 1.82) is 0 Å². The number of carbonyl (C=O) groups is 2. The lowest BCUT2D eigenvalue weighted by Gasteiger charge is -2.31. The zero-order valence-electron chi connectivity index (χ0n) is 20.8. The van der Waals surface area contributed by atoms with Crippen molar-refractivity contribution in [2.24, 2.45) is 0 Å². The first-order chi connectivity index (χ1) is 16.8. The molecule has 0 spiro atoms. The molecule has 0 aliphatic rings. The highest BCUT2D eigenvalue weighted by Gasteiger charge is 2.75. The monoisotopic (exact) mass is 542 g/mol. The largest absolute Gasteiger partial charge is 0.466 e. The molecule has 0 aromatic rings. The van der Waals surface area contributed by atoms with Crippen molar-refractivity contribution in [2.45, 2.75) is 127 Å². The molecule has 0 amide bonds. The number of ether oxygens (including phenoxy) is 2. The van der Waals surface area contributed by atoms with E-state index in [0.717, 1.165) is 25.7 Å². The van der Waals surface area contributed by atoms with Crippen LogP contribution in [0.25, 0.3) is 0 Å². The second kappa shape index (κ2) is 17.8. The first kappa shape index (κ1) is 34.4. The van der Waals surface area contributed by atoms with Crippen LogP contribution >= 0.6 is 0 Å². The Bertz CT molecular complexity index is 615. The Kier molecular flexibility index (Phi) is 17.0. The van der Waals surface area contributed by atoms with E-state index in [2.05, 4.69) is 11.7 Å². The number of carbonyl (C=O) groups excluding carboxylic acids is 2. The summed E-state index contributed by atoms with van der Waals surface area (Å²) in [7, 11) is 0. The molecule has 0 N–H and O–H groups in total. The lowest BCUT2D eigenvalue weighted by Crippen LogP contribution is -2.59. The van der Waals surface area contributed by atoms with Gasteiger partial charge in [-0.1, -0.05) is 71.1 Å². The molecule has 0 atom stereocenters. The summed E-state index contributed by atoms with van der Waals surface area (Å²) in [4.78, 5) is 23.0. The van der Waals surface area contributed by atoms with Gasteiger partial charge in [-0.05, 0) is 19.3 Å². The predicted molar refractivity (Wildman–Crippen MR) is 118 cm³/mol. The lowest BCUT2D eigenvalue weighted by atomic mass is 10.1. The van der Waals surface area contributed by atoms with Crippen LogP contribution in [0.15, 0.2) is 0 Å². The van der Waals surface area contributed by atoms with Crippen LogP contribution in [-0.4, -0.2) is 49.3 Å². The standard InChI is InChI=1S/C24H38F8O4/c1-2-3-4-5-6-7-8-9-10-11-14-17-35-19(33)15-12-13-16-20(34)36-18-22(27,28)24(31,32)23(29,30)21(25)26/h21H,2-18H2,1H3. The average molecular weight is 543 g/mol. The Hall–Kier alpha value is -1.62. The van der Waals surface area contributed by atoms with Gasteiger partial charge in [-0.2, -0.15) is 26.3 Å². The number of halogens is 8. The van der Waals surface area contributed by atoms with Crippen LogP contribution in [-0.2, 0) is 19.1 Å². The number of unbranched alkanes of at least 4 members (excludes halogenated alkanes) is 11. The van der Waals surface area contributed by atoms with Crippen LogP contribution in [0, 0.1) is 0 Å². The normalized spacial score (nSPS) is 12.7. The molecular formula is C24H38F8O4. The van der Waals surface area contributed by atoms with Crippen LogP contribution in [0.1, 0.15) is 103 Å². The summed E-state index contributed by atoms with van der Waals surface area (Å²) in [6, 6.07) is 0. The third-order valence-corrected chi connectivity index (χ3v) is 5.59. The summed E-state index contributed by atoms with van der Waals surface area (Å²) < 4.78 is 111. The summed E-state index contributed by atoms with van der Waals surface area (Å²) in [5.74, 6) is -20.4. The molecule has 0 aromatic heterocycles. The Labute approximate surface area is 207 Å². The van der Waals surface area contributed by atoms with Gasteiger partial charge in [0.1, 0.15) is 0 Å². The zero-order chi connectivity index (χ0) is 27.7. The van der Waals surface area contributed by atoms with Crippen molar-refractivity contribution in [2.75, 3.05) is 13.2 Å². The van der Waals surface area contributed by atoms with Gasteiger partial charge >= 0.3 is 36.1 Å². The summed E-state index contributed by atoms with van der Waals surface area (Å²) in [6.07, 6.45) is 7.03. The topological polar surface area (TPSA) is 52.6 Å². The molecule has 0 bridgehead atoms. The van der Waals surface area contributed by atoms with Gasteiger partial charge in [-0.15, -0.1) is 0 Å². The number of hydrogen-bond acceptors (Lipinski definition) is 4. The minimum absolute atomic E-state index is 0.0401. The molecular weight excluding hydrogens is 504 g/mol. The summed E-state index contributed by atoms with van der Waals surface area (Å²) >= 11 is 0. The molecule has 0 aliphatic carbocycles. The average Bonchev–Trinajstić information content (AvgIpc) is 2.80. The Morgan fingerprint density at radius 2 is 1.06 bits per heavy atom. The van der Waals surface area contributed by atoms with Crippen molar-refractivity contribution in [3.8, 4) is 0 Å². The molecule has 0 saturated heterocycles. The van der Waals surface area contributed by atoms with Gasteiger partial charge in [-0.3, -0.25) is 9.59 Å². The van der Waals surface area contributed by atoms with Gasteiger partial charge in [0.25, 0.3) is 0 Å². The van der Waals surface area contributed by atoms with Crippen LogP contribution in [0.4, 0.5) is 35.1 Å². The Balaban J connectivity index is 3.85. The Morgan fingerprint density at radius 1 is 0.639 bits per heavy atom. The molecule has 0 radical (unpaired) electrons. The highest BCUT2D eigenvalue weighted by atomic mass is 19.4. The van der Waals surface area contributed by atoms with E-state index in [0.29, 0.717) is 0 Å². The van der Waals surface area contributed by atoms with E-state index in [1.54, 1.807) is 0 Å². The minimum Gasteiger partial charge on any atom is -0.466 e. The van der Waals surface area contributed by atoms with Gasteiger partial charge in [0.05, 0.1) is 6.61 Å². The number of alkyl halides is 8. The second-order valence-electron chi connectivity index (χ2n) is 8.83. The van der Waals surface area contributed by atoms with Crippen LogP contribution in [0.2, 0.25) is 0 Å². The van der Waals surface area contributed by atoms with Gasteiger partial charge in [-0.25, -0.2) is 8.78 Å². The van der Waals surface area contributed by atoms with Crippen molar-refractivity contribution < 1.29 is 54.2 Å². The minimum atomic E-state index is -6.42. The zero-order valence-corrected chi connectivity index (χ0v) is 20.8. The molecule has 4 nitrogen and oxygen atoms in total. The van der Waals surface area contributed by atoms with Crippen LogP contribution < -0.4 is 0 Å². The van der Waals surface area contributed by atoms with Crippen molar-refractivity contribution >= 4 is 11.9 Å². The maximum absolute atomic E-state index is 13.3. The van der Waals surface area contributed by atoms with Gasteiger partial charge in [0.2, 0.25) is 0 Å². The summed E-state index contributed by atoms with van der Waals surface area (Å²) in [5.41, 5.74) is 0. The summed E-state index contributed by atoms with van der Waals surface area (Å²) in [6.45, 7) is -0.0454. The molecule has 214 valence electrons. The number of hydrogen-bond donors (Lipinski definition) is 0. The van der Waals surface area contributed by atoms with E-state index in [9.17, 15) is 44.7 Å². The smallest absolute Gasteiger partial charge is 0.381 e. The first-order valence-corrected chi connectivity index (χ1v) is 12.5. The van der Waals surface area contributed by atoms with Gasteiger partial charge in [0.15, 0.2) is 6.61 Å². The van der Waals surface area contributed by atoms with Crippen molar-refractivity contribution in [3.63, 3.8) is 0 Å². The molecule has 0 unspecified atom stereocenters. The Morgan fingerprint density at radius 3 is 1.50 bits per heavy atom. The van der Waals surface area contributed by atoms with E-state index in [1.807, 2.05) is 0 Å². The van der Waals surface area contributed by atoms with E-state index in [1.165, 1.54) is 44.9 Å². The molecule has 0 rings (SSSR count). The fourth-order valence-electron chi connectivity index (χ4n) is 3.28. The lowest BCUT2D eigenvalue weighted by molar-refractivity contribution is -0.344. The fourth-order valence-corrected chi connectivity index (χ4v) is 3.28. The summed E-state index contributed by atoms with van der Waals surface area (Å²) in [5, 5.41) is 0. The molecule has 0 aromatic carbocycles. The first-order valence-electron chi connectivity index (χ1n) is 12.5. The third kappa shape index (κ3) is 13.1. The van der Waals surface area contributed by atoms with Crippen molar-refractivity contribution in [3.05, 3.63) is 0 Å². The molecule has 0 saturated carbocycles. The van der Waals surface area contributed by atoms with Crippen LogP contribution in [0.5, 0.6) is 0 Å². The van der Waals surface area contributed by atoms with E-state index in [4.69, 9.17) is 4.74 Å². The second-order valence-corrected chi connectivity index (χ2v) is 8.83. The molecule has 0 aliphatic heterocycles. The van der Waals surface area contributed by atoms with E-state index < -0.39 is 49.2 Å². The number of rotatable bonds is 22. The van der Waals surface area contributed by atoms with E-state index in [-0.39, 0.29) is 25.9 Å². The molecule has 0 fully saturated rings. The van der Waals surface area contributed by atoms with Gasteiger partial charge in [0, 0.05) is 12.8 Å². The third-order valence-electron chi connectivity index (χ3n) is 5.59. The van der Waals surface area contributed by atoms with E-state index >= 15 is 0 Å². The number of esters is 2. The highest BCUT2D eigenvalue weighted by Crippen LogP contribution is 2.48. The quantitative estimate of drug-likeness (QED) is 0.0788. The fraction of sp³-hybridized carbons (Fsp3) is 0.917. The maximum Gasteiger partial charge on any atom is 0.381 e. The SMILES string of the molecule is CCCCCCCCCCCCCOC(=O)CCCCC(=O)OCC(F)(F)C(F)(F)C(F)(F)C(F)F. The molecule has 36 heavy (non-hydrogen) atoms. The van der Waals surface area contributed by atoms with Crippen molar-refractivity contribution in [1.82, 2.24) is 0 Å². The van der Waals surface area contributed by atoms with Gasteiger partial charge < -0.3 is 9.47 Å². The molecule has 0 heterocycles. The van der Waals surface area contributed by atoms with Crippen LogP contribution in [0.3, 0.4) is 0 Å². The predicted octanol–water partition coefficient (Wildman–Crippen LogP) is 8.12. The molecule has 12 heteroatoms. The maximum atomic E-state index is 13.3. The highest BCUT2D eigenvalue weighted by molar-refractivity contribution is 5.70.